The lowest BCUT2D eigenvalue weighted by Gasteiger charge is -2.17. The zero-order valence-electron chi connectivity index (χ0n) is 12.7. The van der Waals surface area contributed by atoms with Crippen LogP contribution in [-0.4, -0.2) is 23.2 Å². The van der Waals surface area contributed by atoms with E-state index in [4.69, 9.17) is 4.52 Å². The van der Waals surface area contributed by atoms with Crippen molar-refractivity contribution < 1.29 is 4.52 Å². The highest BCUT2D eigenvalue weighted by Gasteiger charge is 2.22. The fourth-order valence-corrected chi connectivity index (χ4v) is 2.32. The number of likely N-dealkylation sites (N-methyl/N-ethyl adjacent to an activating group) is 1. The van der Waals surface area contributed by atoms with E-state index in [1.807, 2.05) is 7.05 Å². The summed E-state index contributed by atoms with van der Waals surface area (Å²) in [6, 6.07) is 8.76. The molecule has 2 aromatic rings. The molecule has 0 spiro atoms. The van der Waals surface area contributed by atoms with Crippen molar-refractivity contribution in [1.82, 2.24) is 15.5 Å². The van der Waals surface area contributed by atoms with E-state index in [0.717, 1.165) is 18.1 Å². The number of nitrogens with one attached hydrogen (secondary N) is 1. The summed E-state index contributed by atoms with van der Waals surface area (Å²) in [5, 5.41) is 7.36. The third-order valence-corrected chi connectivity index (χ3v) is 3.78. The van der Waals surface area contributed by atoms with Gasteiger partial charge in [0.15, 0.2) is 5.82 Å². The molecule has 0 bridgehead atoms. The molecule has 2 atom stereocenters. The van der Waals surface area contributed by atoms with Crippen LogP contribution in [0.5, 0.6) is 0 Å². The Bertz CT molecular complexity index is 533. The number of aromatic nitrogens is 2. The Morgan fingerprint density at radius 2 is 1.95 bits per heavy atom. The highest BCUT2D eigenvalue weighted by molar-refractivity contribution is 5.23. The number of hydrogen-bond donors (Lipinski definition) is 1. The van der Waals surface area contributed by atoms with Gasteiger partial charge in [-0.2, -0.15) is 4.98 Å². The van der Waals surface area contributed by atoms with Gasteiger partial charge in [-0.05, 0) is 32.9 Å². The van der Waals surface area contributed by atoms with E-state index in [0.29, 0.717) is 12.5 Å². The molecule has 0 saturated heterocycles. The summed E-state index contributed by atoms with van der Waals surface area (Å²) in [4.78, 5) is 4.55. The second kappa shape index (κ2) is 6.66. The fourth-order valence-electron chi connectivity index (χ4n) is 2.32. The number of aryl methyl sites for hydroxylation is 1. The molecule has 2 unspecified atom stereocenters. The van der Waals surface area contributed by atoms with Crippen molar-refractivity contribution in [3.63, 3.8) is 0 Å². The SMILES string of the molecule is CCC(c1nc(Cc2ccc(C)cc2)no1)C(C)NC. The molecule has 4 heteroatoms. The van der Waals surface area contributed by atoms with Crippen LogP contribution < -0.4 is 5.32 Å². The van der Waals surface area contributed by atoms with Crippen LogP contribution in [0.15, 0.2) is 28.8 Å². The summed E-state index contributed by atoms with van der Waals surface area (Å²) < 4.78 is 5.44. The molecule has 0 aliphatic rings. The molecule has 0 radical (unpaired) electrons. The lowest BCUT2D eigenvalue weighted by Crippen LogP contribution is -2.28. The van der Waals surface area contributed by atoms with E-state index in [2.05, 4.69) is 60.5 Å². The molecule has 1 aromatic heterocycles. The maximum atomic E-state index is 5.44. The highest BCUT2D eigenvalue weighted by atomic mass is 16.5. The summed E-state index contributed by atoms with van der Waals surface area (Å²) in [6.45, 7) is 6.36. The first-order chi connectivity index (χ1) is 9.63. The largest absolute Gasteiger partial charge is 0.339 e. The van der Waals surface area contributed by atoms with Crippen molar-refractivity contribution in [1.29, 1.82) is 0 Å². The van der Waals surface area contributed by atoms with Crippen LogP contribution in [0.1, 0.15) is 49.0 Å². The van der Waals surface area contributed by atoms with Gasteiger partial charge in [-0.3, -0.25) is 0 Å². The molecule has 2 rings (SSSR count). The molecule has 0 fully saturated rings. The summed E-state index contributed by atoms with van der Waals surface area (Å²) in [6.07, 6.45) is 1.70. The van der Waals surface area contributed by atoms with E-state index in [9.17, 15) is 0 Å². The Hall–Kier alpha value is -1.68. The quantitative estimate of drug-likeness (QED) is 0.878. The van der Waals surface area contributed by atoms with Crippen LogP contribution in [0.25, 0.3) is 0 Å². The van der Waals surface area contributed by atoms with Gasteiger partial charge >= 0.3 is 0 Å². The van der Waals surface area contributed by atoms with Gasteiger partial charge in [0.25, 0.3) is 0 Å². The van der Waals surface area contributed by atoms with E-state index in [-0.39, 0.29) is 5.92 Å². The molecular weight excluding hydrogens is 250 g/mol. The van der Waals surface area contributed by atoms with Crippen LogP contribution in [0.4, 0.5) is 0 Å². The second-order valence-electron chi connectivity index (χ2n) is 5.30. The molecular formula is C16H23N3O. The standard InChI is InChI=1S/C16H23N3O/c1-5-14(12(3)17-4)16-18-15(19-20-16)10-13-8-6-11(2)7-9-13/h6-9,12,14,17H,5,10H2,1-4H3. The van der Waals surface area contributed by atoms with Crippen LogP contribution in [0.2, 0.25) is 0 Å². The van der Waals surface area contributed by atoms with Gasteiger partial charge in [0, 0.05) is 12.5 Å². The van der Waals surface area contributed by atoms with Crippen molar-refractivity contribution in [3.8, 4) is 0 Å². The molecule has 1 aromatic carbocycles. The first-order valence-corrected chi connectivity index (χ1v) is 7.19. The Morgan fingerprint density at radius 1 is 1.25 bits per heavy atom. The smallest absolute Gasteiger partial charge is 0.231 e. The molecule has 0 saturated carbocycles. The van der Waals surface area contributed by atoms with Gasteiger partial charge in [0.2, 0.25) is 5.89 Å². The summed E-state index contributed by atoms with van der Waals surface area (Å²) in [5.41, 5.74) is 2.47. The number of hydrogen-bond acceptors (Lipinski definition) is 4. The second-order valence-corrected chi connectivity index (χ2v) is 5.30. The van der Waals surface area contributed by atoms with E-state index < -0.39 is 0 Å². The van der Waals surface area contributed by atoms with Crippen LogP contribution in [-0.2, 0) is 6.42 Å². The zero-order chi connectivity index (χ0) is 14.5. The third kappa shape index (κ3) is 3.45. The summed E-state index contributed by atoms with van der Waals surface area (Å²) >= 11 is 0. The maximum Gasteiger partial charge on any atom is 0.231 e. The molecule has 1 N–H and O–H groups in total. The summed E-state index contributed by atoms with van der Waals surface area (Å²) in [5.74, 6) is 1.75. The van der Waals surface area contributed by atoms with E-state index in [1.165, 1.54) is 11.1 Å². The summed E-state index contributed by atoms with van der Waals surface area (Å²) in [7, 11) is 1.96. The van der Waals surface area contributed by atoms with Gasteiger partial charge in [0.05, 0.1) is 5.92 Å². The van der Waals surface area contributed by atoms with Crippen LogP contribution >= 0.6 is 0 Å². The monoisotopic (exact) mass is 273 g/mol. The average Bonchev–Trinajstić information content (AvgIpc) is 2.90. The number of benzene rings is 1. The first-order valence-electron chi connectivity index (χ1n) is 7.19. The minimum Gasteiger partial charge on any atom is -0.339 e. The predicted molar refractivity (Wildman–Crippen MR) is 79.8 cm³/mol. The van der Waals surface area contributed by atoms with Crippen molar-refractivity contribution in [2.24, 2.45) is 0 Å². The maximum absolute atomic E-state index is 5.44. The average molecular weight is 273 g/mol. The van der Waals surface area contributed by atoms with Gasteiger partial charge in [0.1, 0.15) is 0 Å². The lowest BCUT2D eigenvalue weighted by molar-refractivity contribution is 0.320. The third-order valence-electron chi connectivity index (χ3n) is 3.78. The van der Waals surface area contributed by atoms with Gasteiger partial charge in [-0.25, -0.2) is 0 Å². The molecule has 108 valence electrons. The Labute approximate surface area is 120 Å². The van der Waals surface area contributed by atoms with Crippen molar-refractivity contribution in [2.75, 3.05) is 7.05 Å². The zero-order valence-corrected chi connectivity index (χ0v) is 12.7. The van der Waals surface area contributed by atoms with E-state index >= 15 is 0 Å². The Morgan fingerprint density at radius 3 is 2.55 bits per heavy atom. The van der Waals surface area contributed by atoms with Gasteiger partial charge in [-0.1, -0.05) is 41.9 Å². The number of rotatable bonds is 6. The van der Waals surface area contributed by atoms with Crippen LogP contribution in [0, 0.1) is 6.92 Å². The topological polar surface area (TPSA) is 51.0 Å². The van der Waals surface area contributed by atoms with Gasteiger partial charge in [-0.15, -0.1) is 0 Å². The minimum atomic E-state index is 0.263. The van der Waals surface area contributed by atoms with Crippen molar-refractivity contribution in [2.45, 2.75) is 45.6 Å². The van der Waals surface area contributed by atoms with Crippen molar-refractivity contribution >= 4 is 0 Å². The molecule has 4 nitrogen and oxygen atoms in total. The van der Waals surface area contributed by atoms with Crippen LogP contribution in [0.3, 0.4) is 0 Å². The van der Waals surface area contributed by atoms with Gasteiger partial charge < -0.3 is 9.84 Å². The van der Waals surface area contributed by atoms with E-state index in [1.54, 1.807) is 0 Å². The molecule has 0 aliphatic heterocycles. The normalized spacial score (nSPS) is 14.2. The highest BCUT2D eigenvalue weighted by Crippen LogP contribution is 2.22. The number of nitrogens with zero attached hydrogens (tertiary/aromatic N) is 2. The predicted octanol–water partition coefficient (Wildman–Crippen LogP) is 3.07. The van der Waals surface area contributed by atoms with Crippen molar-refractivity contribution in [3.05, 3.63) is 47.1 Å². The Kier molecular flexibility index (Phi) is 4.90. The fraction of sp³-hybridized carbons (Fsp3) is 0.500. The molecule has 0 amide bonds. The Balaban J connectivity index is 2.10. The molecule has 20 heavy (non-hydrogen) atoms. The first kappa shape index (κ1) is 14.7. The molecule has 0 aliphatic carbocycles. The lowest BCUT2D eigenvalue weighted by atomic mass is 9.98. The molecule has 1 heterocycles. The minimum absolute atomic E-state index is 0.263.